The van der Waals surface area contributed by atoms with Gasteiger partial charge in [0, 0.05) is 47.5 Å². The molecule has 148 valence electrons. The van der Waals surface area contributed by atoms with Crippen LogP contribution in [-0.2, 0) is 0 Å². The lowest BCUT2D eigenvalue weighted by molar-refractivity contribution is 0.628. The number of nitrogens with zero attached hydrogens (tertiary/aromatic N) is 3. The first-order chi connectivity index (χ1) is 14.6. The molecule has 30 heavy (non-hydrogen) atoms. The molecule has 1 fully saturated rings. The first-order valence-corrected chi connectivity index (χ1v) is 10.2. The van der Waals surface area contributed by atoms with Crippen LogP contribution in [0.3, 0.4) is 0 Å². The van der Waals surface area contributed by atoms with Crippen molar-refractivity contribution in [1.29, 1.82) is 5.26 Å². The van der Waals surface area contributed by atoms with Crippen LogP contribution in [0.5, 0.6) is 0 Å². The third-order valence-electron chi connectivity index (χ3n) is 5.85. The van der Waals surface area contributed by atoms with Gasteiger partial charge in [0.05, 0.1) is 23.0 Å². The number of nitrogens with one attached hydrogen (secondary N) is 1. The fraction of sp³-hybridized carbons (Fsp3) is 0.200. The minimum absolute atomic E-state index is 0.309. The molecule has 1 aliphatic heterocycles. The predicted molar refractivity (Wildman–Crippen MR) is 118 cm³/mol. The highest BCUT2D eigenvalue weighted by atomic mass is 19.1. The topological polar surface area (TPSA) is 55.7 Å². The van der Waals surface area contributed by atoms with E-state index >= 15 is 0 Å². The molecule has 1 N–H and O–H groups in total. The normalized spacial score (nSPS) is 13.7. The number of aryl methyl sites for hydroxylation is 1. The van der Waals surface area contributed by atoms with E-state index in [0.717, 1.165) is 54.0 Å². The number of halogens is 1. The molecule has 3 heterocycles. The van der Waals surface area contributed by atoms with E-state index < -0.39 is 5.82 Å². The maximum atomic E-state index is 14.2. The molecule has 0 unspecified atom stereocenters. The van der Waals surface area contributed by atoms with E-state index in [1.54, 1.807) is 12.3 Å². The lowest BCUT2D eigenvalue weighted by Gasteiger charge is -2.24. The number of benzene rings is 2. The summed E-state index contributed by atoms with van der Waals surface area (Å²) in [4.78, 5) is 10.4. The lowest BCUT2D eigenvalue weighted by atomic mass is 9.98. The van der Waals surface area contributed by atoms with Crippen molar-refractivity contribution in [2.45, 2.75) is 19.8 Å². The molecular formula is C25H21FN4. The Hall–Kier alpha value is -3.65. The number of nitriles is 1. The number of anilines is 1. The summed E-state index contributed by atoms with van der Waals surface area (Å²) in [5, 5.41) is 10.5. The molecule has 0 bridgehead atoms. The van der Waals surface area contributed by atoms with Crippen LogP contribution in [-0.4, -0.2) is 23.1 Å². The van der Waals surface area contributed by atoms with E-state index in [2.05, 4.69) is 46.1 Å². The van der Waals surface area contributed by atoms with Crippen molar-refractivity contribution >= 4 is 16.6 Å². The van der Waals surface area contributed by atoms with Crippen molar-refractivity contribution in [3.05, 3.63) is 71.8 Å². The van der Waals surface area contributed by atoms with Crippen molar-refractivity contribution in [3.63, 3.8) is 0 Å². The van der Waals surface area contributed by atoms with Gasteiger partial charge in [0.1, 0.15) is 5.82 Å². The smallest absolute Gasteiger partial charge is 0.125 e. The van der Waals surface area contributed by atoms with Crippen LogP contribution < -0.4 is 4.90 Å². The Balaban J connectivity index is 1.76. The zero-order chi connectivity index (χ0) is 20.7. The quantitative estimate of drug-likeness (QED) is 0.475. The summed E-state index contributed by atoms with van der Waals surface area (Å²) >= 11 is 0. The molecule has 0 saturated carbocycles. The summed E-state index contributed by atoms with van der Waals surface area (Å²) in [5.41, 5.74) is 7.16. The Kier molecular flexibility index (Phi) is 4.48. The standard InChI is InChI=1S/C25H21FN4/c1-16-5-4-6-23-20(16)12-24(29-23)22-15-28-14-21(25(22)30-7-2-3-8-30)18-9-17(13-27)10-19(26)11-18/h4-6,9-12,14-15,29H,2-3,7-8H2,1H3. The maximum Gasteiger partial charge on any atom is 0.125 e. The largest absolute Gasteiger partial charge is 0.370 e. The van der Waals surface area contributed by atoms with Crippen LogP contribution in [0.4, 0.5) is 10.1 Å². The summed E-state index contributed by atoms with van der Waals surface area (Å²) in [7, 11) is 0. The van der Waals surface area contributed by atoms with E-state index in [-0.39, 0.29) is 0 Å². The Morgan fingerprint density at radius 1 is 1.07 bits per heavy atom. The summed E-state index contributed by atoms with van der Waals surface area (Å²) in [6.45, 7) is 4.00. The first kappa shape index (κ1) is 18.4. The van der Waals surface area contributed by atoms with Crippen molar-refractivity contribution in [2.75, 3.05) is 18.0 Å². The summed E-state index contributed by atoms with van der Waals surface area (Å²) in [6.07, 6.45) is 5.90. The zero-order valence-electron chi connectivity index (χ0n) is 16.7. The molecule has 4 nitrogen and oxygen atoms in total. The van der Waals surface area contributed by atoms with Crippen molar-refractivity contribution in [3.8, 4) is 28.5 Å². The molecule has 2 aromatic carbocycles. The van der Waals surface area contributed by atoms with Crippen LogP contribution in [0.1, 0.15) is 24.0 Å². The monoisotopic (exact) mass is 396 g/mol. The van der Waals surface area contributed by atoms with Gasteiger partial charge in [-0.15, -0.1) is 0 Å². The molecule has 0 amide bonds. The van der Waals surface area contributed by atoms with Gasteiger partial charge in [0.25, 0.3) is 0 Å². The molecular weight excluding hydrogens is 375 g/mol. The number of pyridine rings is 1. The van der Waals surface area contributed by atoms with Crippen LogP contribution in [0.15, 0.2) is 54.9 Å². The molecule has 5 rings (SSSR count). The van der Waals surface area contributed by atoms with Gasteiger partial charge in [0.15, 0.2) is 0 Å². The molecule has 0 radical (unpaired) electrons. The summed E-state index contributed by atoms with van der Waals surface area (Å²) < 4.78 is 14.2. The van der Waals surface area contributed by atoms with Gasteiger partial charge in [-0.25, -0.2) is 4.39 Å². The highest BCUT2D eigenvalue weighted by Crippen LogP contribution is 2.41. The molecule has 1 aliphatic rings. The highest BCUT2D eigenvalue weighted by Gasteiger charge is 2.23. The number of aromatic nitrogens is 2. The number of aromatic amines is 1. The average Bonchev–Trinajstić information content (AvgIpc) is 3.43. The molecule has 2 aromatic heterocycles. The zero-order valence-corrected chi connectivity index (χ0v) is 16.7. The predicted octanol–water partition coefficient (Wildman–Crippen LogP) is 5.82. The first-order valence-electron chi connectivity index (χ1n) is 10.2. The third kappa shape index (κ3) is 3.11. The van der Waals surface area contributed by atoms with Crippen LogP contribution in [0.2, 0.25) is 0 Å². The Morgan fingerprint density at radius 3 is 2.63 bits per heavy atom. The molecule has 1 saturated heterocycles. The second-order valence-electron chi connectivity index (χ2n) is 7.84. The van der Waals surface area contributed by atoms with E-state index in [4.69, 9.17) is 0 Å². The van der Waals surface area contributed by atoms with Gasteiger partial charge in [-0.3, -0.25) is 4.98 Å². The van der Waals surface area contributed by atoms with E-state index in [9.17, 15) is 9.65 Å². The molecule has 0 spiro atoms. The second-order valence-corrected chi connectivity index (χ2v) is 7.84. The summed E-state index contributed by atoms with van der Waals surface area (Å²) in [5.74, 6) is -0.414. The maximum absolute atomic E-state index is 14.2. The minimum Gasteiger partial charge on any atom is -0.370 e. The van der Waals surface area contributed by atoms with Crippen molar-refractivity contribution < 1.29 is 4.39 Å². The Bertz CT molecular complexity index is 1290. The second kappa shape index (κ2) is 7.31. The highest BCUT2D eigenvalue weighted by molar-refractivity contribution is 5.95. The van der Waals surface area contributed by atoms with Gasteiger partial charge >= 0.3 is 0 Å². The van der Waals surface area contributed by atoms with Crippen LogP contribution >= 0.6 is 0 Å². The van der Waals surface area contributed by atoms with Gasteiger partial charge in [-0.1, -0.05) is 12.1 Å². The van der Waals surface area contributed by atoms with E-state index in [1.807, 2.05) is 12.3 Å². The van der Waals surface area contributed by atoms with Gasteiger partial charge < -0.3 is 9.88 Å². The van der Waals surface area contributed by atoms with Crippen molar-refractivity contribution in [2.24, 2.45) is 0 Å². The fourth-order valence-electron chi connectivity index (χ4n) is 4.41. The van der Waals surface area contributed by atoms with Gasteiger partial charge in [-0.2, -0.15) is 5.26 Å². The molecule has 5 heteroatoms. The Morgan fingerprint density at radius 2 is 1.87 bits per heavy atom. The van der Waals surface area contributed by atoms with Crippen LogP contribution in [0, 0.1) is 24.1 Å². The molecule has 0 atom stereocenters. The van der Waals surface area contributed by atoms with Gasteiger partial charge in [0.2, 0.25) is 0 Å². The fourth-order valence-corrected chi connectivity index (χ4v) is 4.41. The third-order valence-corrected chi connectivity index (χ3v) is 5.85. The average molecular weight is 396 g/mol. The summed E-state index contributed by atoms with van der Waals surface area (Å²) in [6, 6.07) is 14.9. The number of fused-ring (bicyclic) bond motifs is 1. The lowest BCUT2D eigenvalue weighted by Crippen LogP contribution is -2.19. The Labute approximate surface area is 174 Å². The number of hydrogen-bond acceptors (Lipinski definition) is 3. The van der Waals surface area contributed by atoms with Crippen molar-refractivity contribution in [1.82, 2.24) is 9.97 Å². The number of rotatable bonds is 3. The van der Waals surface area contributed by atoms with E-state index in [1.165, 1.54) is 23.1 Å². The van der Waals surface area contributed by atoms with E-state index in [0.29, 0.717) is 11.1 Å². The minimum atomic E-state index is -0.414. The molecule has 0 aliphatic carbocycles. The molecule has 4 aromatic rings. The van der Waals surface area contributed by atoms with Crippen LogP contribution in [0.25, 0.3) is 33.3 Å². The number of H-pyrrole nitrogens is 1. The van der Waals surface area contributed by atoms with Gasteiger partial charge in [-0.05, 0) is 61.2 Å². The SMILES string of the molecule is Cc1cccc2[nH]c(-c3cncc(-c4cc(F)cc(C#N)c4)c3N3CCCC3)cc12. The number of hydrogen-bond donors (Lipinski definition) is 1.